The molecule has 17 heavy (non-hydrogen) atoms. The Kier molecular flexibility index (Phi) is 3.62. The first-order valence-corrected chi connectivity index (χ1v) is 6.29. The molecule has 0 radical (unpaired) electrons. The molecule has 1 aromatic carbocycles. The highest BCUT2D eigenvalue weighted by Gasteiger charge is 2.08. The Morgan fingerprint density at radius 2 is 2.18 bits per heavy atom. The third-order valence-electron chi connectivity index (χ3n) is 3.24. The van der Waals surface area contributed by atoms with Gasteiger partial charge in [-0.25, -0.2) is 0 Å². The van der Waals surface area contributed by atoms with Gasteiger partial charge in [-0.05, 0) is 24.5 Å². The van der Waals surface area contributed by atoms with Crippen LogP contribution in [0, 0.1) is 5.92 Å². The predicted molar refractivity (Wildman–Crippen MR) is 71.4 cm³/mol. The van der Waals surface area contributed by atoms with Crippen molar-refractivity contribution in [2.45, 2.75) is 33.2 Å². The van der Waals surface area contributed by atoms with E-state index in [1.807, 2.05) is 12.1 Å². The number of carbonyl (C=O) groups is 1. The van der Waals surface area contributed by atoms with Crippen molar-refractivity contribution in [2.24, 2.45) is 5.92 Å². The number of hydrogen-bond donors (Lipinski definition) is 0. The van der Waals surface area contributed by atoms with Crippen molar-refractivity contribution < 1.29 is 4.79 Å². The van der Waals surface area contributed by atoms with Gasteiger partial charge in [0, 0.05) is 23.7 Å². The Morgan fingerprint density at radius 1 is 1.35 bits per heavy atom. The number of carbonyl (C=O) groups excluding carboxylic acids is 1. The number of nitrogens with zero attached hydrogens (tertiary/aromatic N) is 1. The number of para-hydroxylation sites is 1. The first-order chi connectivity index (χ1) is 8.26. The van der Waals surface area contributed by atoms with Gasteiger partial charge in [-0.1, -0.05) is 32.4 Å². The number of hydrogen-bond acceptors (Lipinski definition) is 1. The Bertz CT molecular complexity index is 513. The first kappa shape index (κ1) is 11.9. The molecule has 2 nitrogen and oxygen atoms in total. The number of aldehydes is 1. The second-order valence-electron chi connectivity index (χ2n) is 4.76. The summed E-state index contributed by atoms with van der Waals surface area (Å²) in [6.07, 6.45) is 5.47. The van der Waals surface area contributed by atoms with Crippen molar-refractivity contribution in [2.75, 3.05) is 0 Å². The van der Waals surface area contributed by atoms with Crippen LogP contribution in [0.5, 0.6) is 0 Å². The van der Waals surface area contributed by atoms with Crippen molar-refractivity contribution in [1.82, 2.24) is 4.57 Å². The van der Waals surface area contributed by atoms with Gasteiger partial charge in [-0.15, -0.1) is 0 Å². The molecule has 1 aromatic heterocycles. The fraction of sp³-hybridized carbons (Fsp3) is 0.400. The normalized spacial score (nSPS) is 12.8. The zero-order chi connectivity index (χ0) is 12.3. The van der Waals surface area contributed by atoms with E-state index in [-0.39, 0.29) is 0 Å². The van der Waals surface area contributed by atoms with Gasteiger partial charge in [0.2, 0.25) is 0 Å². The topological polar surface area (TPSA) is 22.0 Å². The van der Waals surface area contributed by atoms with Gasteiger partial charge < -0.3 is 4.57 Å². The summed E-state index contributed by atoms with van der Waals surface area (Å²) in [6, 6.07) is 7.96. The van der Waals surface area contributed by atoms with E-state index in [9.17, 15) is 4.79 Å². The maximum absolute atomic E-state index is 11.1. The summed E-state index contributed by atoms with van der Waals surface area (Å²) in [5, 5.41) is 1.15. The average Bonchev–Trinajstić information content (AvgIpc) is 2.73. The molecule has 0 N–H and O–H groups in total. The monoisotopic (exact) mass is 229 g/mol. The van der Waals surface area contributed by atoms with Crippen LogP contribution in [-0.2, 0) is 6.54 Å². The maximum atomic E-state index is 11.1. The second-order valence-corrected chi connectivity index (χ2v) is 4.76. The molecule has 2 rings (SSSR count). The predicted octanol–water partition coefficient (Wildman–Crippen LogP) is 3.89. The minimum atomic E-state index is 0.648. The smallest absolute Gasteiger partial charge is 0.152 e. The number of benzene rings is 1. The second kappa shape index (κ2) is 5.17. The van der Waals surface area contributed by atoms with Crippen LogP contribution >= 0.6 is 0 Å². The SMILES string of the molecule is CCCC(C)Cn1ccc2cccc(C=O)c21. The van der Waals surface area contributed by atoms with E-state index in [0.29, 0.717) is 5.92 Å². The summed E-state index contributed by atoms with van der Waals surface area (Å²) in [6.45, 7) is 5.46. The molecule has 0 aliphatic rings. The fourth-order valence-corrected chi connectivity index (χ4v) is 2.46. The Morgan fingerprint density at radius 3 is 2.88 bits per heavy atom. The van der Waals surface area contributed by atoms with Gasteiger partial charge in [0.15, 0.2) is 6.29 Å². The molecule has 1 unspecified atom stereocenters. The third-order valence-corrected chi connectivity index (χ3v) is 3.24. The Hall–Kier alpha value is -1.57. The lowest BCUT2D eigenvalue weighted by Crippen LogP contribution is -2.07. The van der Waals surface area contributed by atoms with E-state index in [4.69, 9.17) is 0 Å². The zero-order valence-corrected chi connectivity index (χ0v) is 10.5. The van der Waals surface area contributed by atoms with Crippen LogP contribution in [0.3, 0.4) is 0 Å². The zero-order valence-electron chi connectivity index (χ0n) is 10.5. The Balaban J connectivity index is 2.37. The minimum Gasteiger partial charge on any atom is -0.347 e. The average molecular weight is 229 g/mol. The van der Waals surface area contributed by atoms with Crippen molar-refractivity contribution in [1.29, 1.82) is 0 Å². The van der Waals surface area contributed by atoms with Crippen molar-refractivity contribution in [3.8, 4) is 0 Å². The summed E-state index contributed by atoms with van der Waals surface area (Å²) < 4.78 is 2.21. The highest BCUT2D eigenvalue weighted by atomic mass is 16.1. The summed E-state index contributed by atoms with van der Waals surface area (Å²) in [5.74, 6) is 0.648. The van der Waals surface area contributed by atoms with Gasteiger partial charge in [0.25, 0.3) is 0 Å². The molecule has 0 saturated carbocycles. The third kappa shape index (κ3) is 2.41. The van der Waals surface area contributed by atoms with Crippen LogP contribution in [0.4, 0.5) is 0 Å². The largest absolute Gasteiger partial charge is 0.347 e. The lowest BCUT2D eigenvalue weighted by atomic mass is 10.1. The fourth-order valence-electron chi connectivity index (χ4n) is 2.46. The molecule has 90 valence electrons. The summed E-state index contributed by atoms with van der Waals surface area (Å²) in [4.78, 5) is 11.1. The highest BCUT2D eigenvalue weighted by Crippen LogP contribution is 2.21. The summed E-state index contributed by atoms with van der Waals surface area (Å²) in [7, 11) is 0. The van der Waals surface area contributed by atoms with Crippen molar-refractivity contribution in [3.63, 3.8) is 0 Å². The van der Waals surface area contributed by atoms with Crippen molar-refractivity contribution >= 4 is 17.2 Å². The van der Waals surface area contributed by atoms with E-state index < -0.39 is 0 Å². The van der Waals surface area contributed by atoms with Crippen molar-refractivity contribution in [3.05, 3.63) is 36.0 Å². The molecule has 0 amide bonds. The molecule has 1 atom stereocenters. The lowest BCUT2D eigenvalue weighted by molar-refractivity contribution is 0.112. The van der Waals surface area contributed by atoms with Crippen LogP contribution < -0.4 is 0 Å². The van der Waals surface area contributed by atoms with Crippen LogP contribution in [0.2, 0.25) is 0 Å². The van der Waals surface area contributed by atoms with Gasteiger partial charge in [0.05, 0.1) is 5.52 Å². The summed E-state index contributed by atoms with van der Waals surface area (Å²) >= 11 is 0. The lowest BCUT2D eigenvalue weighted by Gasteiger charge is -2.13. The van der Waals surface area contributed by atoms with Crippen LogP contribution in [-0.4, -0.2) is 10.9 Å². The minimum absolute atomic E-state index is 0.648. The molecule has 0 aliphatic carbocycles. The molecule has 2 heteroatoms. The van der Waals surface area contributed by atoms with Crippen LogP contribution in [0.15, 0.2) is 30.5 Å². The maximum Gasteiger partial charge on any atom is 0.152 e. The molecule has 1 heterocycles. The van der Waals surface area contributed by atoms with E-state index in [1.54, 1.807) is 0 Å². The number of rotatable bonds is 5. The van der Waals surface area contributed by atoms with Gasteiger partial charge >= 0.3 is 0 Å². The van der Waals surface area contributed by atoms with Gasteiger partial charge in [-0.2, -0.15) is 0 Å². The summed E-state index contributed by atoms with van der Waals surface area (Å²) in [5.41, 5.74) is 1.86. The van der Waals surface area contributed by atoms with E-state index in [0.717, 1.165) is 29.3 Å². The van der Waals surface area contributed by atoms with E-state index in [2.05, 4.69) is 36.7 Å². The van der Waals surface area contributed by atoms with E-state index >= 15 is 0 Å². The molecular weight excluding hydrogens is 210 g/mol. The Labute approximate surface area is 102 Å². The quantitative estimate of drug-likeness (QED) is 0.713. The van der Waals surface area contributed by atoms with Crippen LogP contribution in [0.1, 0.15) is 37.0 Å². The van der Waals surface area contributed by atoms with E-state index in [1.165, 1.54) is 12.8 Å². The highest BCUT2D eigenvalue weighted by molar-refractivity contribution is 5.96. The molecule has 0 spiro atoms. The molecule has 0 bridgehead atoms. The molecular formula is C15H19NO. The molecule has 2 aromatic rings. The first-order valence-electron chi connectivity index (χ1n) is 6.29. The molecule has 0 fully saturated rings. The van der Waals surface area contributed by atoms with Gasteiger partial charge in [-0.3, -0.25) is 4.79 Å². The molecule has 0 saturated heterocycles. The van der Waals surface area contributed by atoms with Gasteiger partial charge in [0.1, 0.15) is 0 Å². The number of fused-ring (bicyclic) bond motifs is 1. The molecule has 0 aliphatic heterocycles. The van der Waals surface area contributed by atoms with Crippen LogP contribution in [0.25, 0.3) is 10.9 Å². The standard InChI is InChI=1S/C15H19NO/c1-3-5-12(2)10-16-9-8-13-6-4-7-14(11-17)15(13)16/h4,6-9,11-12H,3,5,10H2,1-2H3. The number of aromatic nitrogens is 1.